The van der Waals surface area contributed by atoms with Crippen LogP contribution >= 0.6 is 11.3 Å². The second kappa shape index (κ2) is 4.89. The molecule has 1 aromatic rings. The third kappa shape index (κ3) is 2.84. The molecule has 100 valence electrons. The lowest BCUT2D eigenvalue weighted by atomic mass is 10.1. The molecule has 1 amide bonds. The Kier molecular flexibility index (Phi) is 3.63. The van der Waals surface area contributed by atoms with Gasteiger partial charge in [-0.05, 0) is 31.2 Å². The number of amides is 1. The number of carbonyl (C=O) groups excluding carboxylic acids is 1. The first-order valence-electron chi connectivity index (χ1n) is 5.80. The van der Waals surface area contributed by atoms with E-state index in [2.05, 4.69) is 4.72 Å². The number of aryl methyl sites for hydroxylation is 1. The van der Waals surface area contributed by atoms with E-state index in [1.165, 1.54) is 11.3 Å². The molecule has 0 atom stereocenters. The number of hydrogen-bond acceptors (Lipinski definition) is 4. The van der Waals surface area contributed by atoms with Crippen molar-refractivity contribution in [2.45, 2.75) is 32.1 Å². The largest absolute Gasteiger partial charge is 0.365 e. The van der Waals surface area contributed by atoms with E-state index in [1.807, 2.05) is 0 Å². The molecule has 0 unspecified atom stereocenters. The summed E-state index contributed by atoms with van der Waals surface area (Å²) in [5.74, 6) is -0.555. The molecule has 0 radical (unpaired) electrons. The fourth-order valence-electron chi connectivity index (χ4n) is 2.24. The molecule has 5 nitrogen and oxygen atoms in total. The Bertz CT molecular complexity index is 575. The standard InChI is InChI=1S/C11H16N2O3S2/c1-18(15,16)13-11-9(10(12)14)7-5-3-2-4-6-8(7)17-11/h13H,2-6H2,1H3,(H2,12,14). The average Bonchev–Trinajstić information content (AvgIpc) is 2.40. The van der Waals surface area contributed by atoms with Crippen LogP contribution in [0.2, 0.25) is 0 Å². The predicted molar refractivity (Wildman–Crippen MR) is 72.6 cm³/mol. The lowest BCUT2D eigenvalue weighted by Gasteiger charge is -2.04. The molecule has 1 aromatic heterocycles. The molecule has 0 aromatic carbocycles. The number of fused-ring (bicyclic) bond motifs is 1. The summed E-state index contributed by atoms with van der Waals surface area (Å²) in [4.78, 5) is 12.6. The summed E-state index contributed by atoms with van der Waals surface area (Å²) >= 11 is 1.34. The van der Waals surface area contributed by atoms with E-state index in [0.717, 1.165) is 48.8 Å². The number of anilines is 1. The van der Waals surface area contributed by atoms with E-state index < -0.39 is 15.9 Å². The minimum atomic E-state index is -3.39. The van der Waals surface area contributed by atoms with Crippen molar-refractivity contribution in [1.29, 1.82) is 0 Å². The van der Waals surface area contributed by atoms with Crippen molar-refractivity contribution >= 4 is 32.3 Å². The van der Waals surface area contributed by atoms with Gasteiger partial charge in [-0.1, -0.05) is 6.42 Å². The zero-order chi connectivity index (χ0) is 13.3. The number of carbonyl (C=O) groups is 1. The fourth-order valence-corrected chi connectivity index (χ4v) is 4.45. The van der Waals surface area contributed by atoms with Gasteiger partial charge < -0.3 is 5.73 Å². The summed E-state index contributed by atoms with van der Waals surface area (Å²) in [6.07, 6.45) is 5.99. The first kappa shape index (κ1) is 13.4. The third-order valence-corrected chi connectivity index (χ3v) is 4.86. The highest BCUT2D eigenvalue weighted by molar-refractivity contribution is 7.92. The first-order valence-corrected chi connectivity index (χ1v) is 8.51. The zero-order valence-corrected chi connectivity index (χ0v) is 11.8. The quantitative estimate of drug-likeness (QED) is 0.826. The second-order valence-electron chi connectivity index (χ2n) is 4.51. The third-order valence-electron chi connectivity index (χ3n) is 2.95. The van der Waals surface area contributed by atoms with Crippen molar-refractivity contribution < 1.29 is 13.2 Å². The predicted octanol–water partition coefficient (Wildman–Crippen LogP) is 1.49. The van der Waals surface area contributed by atoms with Crippen molar-refractivity contribution in [3.05, 3.63) is 16.0 Å². The van der Waals surface area contributed by atoms with E-state index in [0.29, 0.717) is 10.6 Å². The van der Waals surface area contributed by atoms with Gasteiger partial charge in [-0.15, -0.1) is 11.3 Å². The number of thiophene rings is 1. The van der Waals surface area contributed by atoms with Gasteiger partial charge in [0.25, 0.3) is 5.91 Å². The van der Waals surface area contributed by atoms with Gasteiger partial charge in [-0.3, -0.25) is 9.52 Å². The van der Waals surface area contributed by atoms with Gasteiger partial charge in [0, 0.05) is 4.88 Å². The van der Waals surface area contributed by atoms with Crippen molar-refractivity contribution in [3.63, 3.8) is 0 Å². The molecule has 2 rings (SSSR count). The van der Waals surface area contributed by atoms with Crippen LogP contribution in [0.15, 0.2) is 0 Å². The minimum absolute atomic E-state index is 0.363. The van der Waals surface area contributed by atoms with Gasteiger partial charge in [0.05, 0.1) is 11.8 Å². The highest BCUT2D eigenvalue weighted by Gasteiger charge is 2.24. The summed E-state index contributed by atoms with van der Waals surface area (Å²) in [6, 6.07) is 0. The van der Waals surface area contributed by atoms with Crippen LogP contribution in [0.1, 0.15) is 40.1 Å². The highest BCUT2D eigenvalue weighted by atomic mass is 32.2. The van der Waals surface area contributed by atoms with Crippen molar-refractivity contribution in [3.8, 4) is 0 Å². The molecule has 1 heterocycles. The van der Waals surface area contributed by atoms with Crippen LogP contribution < -0.4 is 10.5 Å². The summed E-state index contributed by atoms with van der Waals surface area (Å²) in [5, 5.41) is 0.372. The molecule has 7 heteroatoms. The molecule has 0 fully saturated rings. The number of hydrogen-bond donors (Lipinski definition) is 2. The molecular formula is C11H16N2O3S2. The summed E-state index contributed by atoms with van der Waals surface area (Å²) in [6.45, 7) is 0. The van der Waals surface area contributed by atoms with E-state index >= 15 is 0 Å². The molecule has 0 saturated heterocycles. The topological polar surface area (TPSA) is 89.3 Å². The molecule has 0 saturated carbocycles. The first-order chi connectivity index (χ1) is 8.38. The van der Waals surface area contributed by atoms with Crippen molar-refractivity contribution in [2.75, 3.05) is 11.0 Å². The lowest BCUT2D eigenvalue weighted by molar-refractivity contribution is 0.100. The van der Waals surface area contributed by atoms with Crippen molar-refractivity contribution in [1.82, 2.24) is 0 Å². The van der Waals surface area contributed by atoms with E-state index in [1.54, 1.807) is 0 Å². The van der Waals surface area contributed by atoms with Gasteiger partial charge in [0.1, 0.15) is 5.00 Å². The summed E-state index contributed by atoms with van der Waals surface area (Å²) < 4.78 is 25.0. The van der Waals surface area contributed by atoms with Gasteiger partial charge in [-0.2, -0.15) is 0 Å². The van der Waals surface area contributed by atoms with Gasteiger partial charge >= 0.3 is 0 Å². The van der Waals surface area contributed by atoms with Crippen LogP contribution in [-0.2, 0) is 22.9 Å². The van der Waals surface area contributed by atoms with E-state index in [-0.39, 0.29) is 0 Å². The van der Waals surface area contributed by atoms with Crippen LogP contribution in [-0.4, -0.2) is 20.6 Å². The Morgan fingerprint density at radius 1 is 1.28 bits per heavy atom. The molecule has 1 aliphatic rings. The molecule has 0 spiro atoms. The van der Waals surface area contributed by atoms with Crippen molar-refractivity contribution in [2.24, 2.45) is 5.73 Å². The van der Waals surface area contributed by atoms with Crippen LogP contribution in [0.5, 0.6) is 0 Å². The molecule has 0 bridgehead atoms. The van der Waals surface area contributed by atoms with Crippen LogP contribution in [0.3, 0.4) is 0 Å². The summed E-state index contributed by atoms with van der Waals surface area (Å²) in [5.41, 5.74) is 6.69. The van der Waals surface area contributed by atoms with Crippen LogP contribution in [0.4, 0.5) is 5.00 Å². The lowest BCUT2D eigenvalue weighted by Crippen LogP contribution is -2.17. The summed E-state index contributed by atoms with van der Waals surface area (Å²) in [7, 11) is -3.39. The van der Waals surface area contributed by atoms with Gasteiger partial charge in [-0.25, -0.2) is 8.42 Å². The smallest absolute Gasteiger partial charge is 0.252 e. The Hall–Kier alpha value is -1.08. The number of primary amides is 1. The Balaban J connectivity index is 2.50. The zero-order valence-electron chi connectivity index (χ0n) is 10.2. The number of sulfonamides is 1. The minimum Gasteiger partial charge on any atom is -0.365 e. The normalized spacial score (nSPS) is 15.8. The maximum Gasteiger partial charge on any atom is 0.252 e. The molecule has 0 aliphatic heterocycles. The SMILES string of the molecule is CS(=O)(=O)Nc1sc2c(c1C(N)=O)CCCCC2. The monoisotopic (exact) mass is 288 g/mol. The number of rotatable bonds is 3. The molecule has 3 N–H and O–H groups in total. The van der Waals surface area contributed by atoms with Crippen LogP contribution in [0, 0.1) is 0 Å². The maximum atomic E-state index is 11.5. The number of nitrogens with one attached hydrogen (secondary N) is 1. The van der Waals surface area contributed by atoms with E-state index in [9.17, 15) is 13.2 Å². The number of nitrogens with two attached hydrogens (primary N) is 1. The van der Waals surface area contributed by atoms with Crippen LogP contribution in [0.25, 0.3) is 0 Å². The Morgan fingerprint density at radius 2 is 1.94 bits per heavy atom. The fraction of sp³-hybridized carbons (Fsp3) is 0.545. The Labute approximate surface area is 110 Å². The van der Waals surface area contributed by atoms with Gasteiger partial charge in [0.15, 0.2) is 0 Å². The molecule has 18 heavy (non-hydrogen) atoms. The molecular weight excluding hydrogens is 272 g/mol. The molecule has 1 aliphatic carbocycles. The van der Waals surface area contributed by atoms with E-state index in [4.69, 9.17) is 5.73 Å². The Morgan fingerprint density at radius 3 is 2.56 bits per heavy atom. The van der Waals surface area contributed by atoms with Gasteiger partial charge in [0.2, 0.25) is 10.0 Å². The second-order valence-corrected chi connectivity index (χ2v) is 7.36. The maximum absolute atomic E-state index is 11.5. The average molecular weight is 288 g/mol. The highest BCUT2D eigenvalue weighted by Crippen LogP contribution is 2.37.